The summed E-state index contributed by atoms with van der Waals surface area (Å²) >= 11 is 0. The molecule has 39 heavy (non-hydrogen) atoms. The Hall–Kier alpha value is -2.67. The molecule has 2 aromatic rings. The first-order chi connectivity index (χ1) is 19.1. The summed E-state index contributed by atoms with van der Waals surface area (Å²) < 4.78 is 0. The van der Waals surface area contributed by atoms with Crippen LogP contribution in [0.4, 0.5) is 0 Å². The minimum Gasteiger partial charge on any atom is -0.354 e. The zero-order valence-electron chi connectivity index (χ0n) is 23.6. The highest BCUT2D eigenvalue weighted by atomic mass is 16.2. The molecule has 1 saturated carbocycles. The van der Waals surface area contributed by atoms with Crippen molar-refractivity contribution in [1.82, 2.24) is 25.5 Å². The maximum atomic E-state index is 13.0. The average molecular weight is 534 g/mol. The van der Waals surface area contributed by atoms with Gasteiger partial charge < -0.3 is 20.5 Å². The van der Waals surface area contributed by atoms with Gasteiger partial charge in [-0.3, -0.25) is 14.6 Å². The van der Waals surface area contributed by atoms with Crippen molar-refractivity contribution in [2.45, 2.75) is 102 Å². The van der Waals surface area contributed by atoms with Gasteiger partial charge in [0, 0.05) is 50.0 Å². The predicted octanol–water partition coefficient (Wildman–Crippen LogP) is 5.73. The zero-order valence-corrected chi connectivity index (χ0v) is 23.6. The second kappa shape index (κ2) is 13.6. The molecule has 1 aliphatic carbocycles. The minimum atomic E-state index is 0.0285. The predicted molar refractivity (Wildman–Crippen MR) is 155 cm³/mol. The van der Waals surface area contributed by atoms with E-state index in [4.69, 9.17) is 0 Å². The number of nitrogens with zero attached hydrogens (tertiary/aromatic N) is 2. The Labute approximate surface area is 233 Å². The molecule has 2 aromatic heterocycles. The Bertz CT molecular complexity index is 1060. The van der Waals surface area contributed by atoms with Gasteiger partial charge in [-0.05, 0) is 61.8 Å². The summed E-state index contributed by atoms with van der Waals surface area (Å²) in [5.41, 5.74) is 3.93. The summed E-state index contributed by atoms with van der Waals surface area (Å²) in [6, 6.07) is 7.65. The van der Waals surface area contributed by atoms with Crippen LogP contribution >= 0.6 is 0 Å². The van der Waals surface area contributed by atoms with E-state index in [2.05, 4.69) is 26.7 Å². The number of aromatic nitrogens is 2. The summed E-state index contributed by atoms with van der Waals surface area (Å²) in [6.07, 6.45) is 19.6. The van der Waals surface area contributed by atoms with E-state index in [-0.39, 0.29) is 17.4 Å². The molecule has 7 nitrogen and oxygen atoms in total. The highest BCUT2D eigenvalue weighted by molar-refractivity contribution is 5.93. The number of amides is 2. The number of hydrogen-bond donors (Lipinski definition) is 3. The summed E-state index contributed by atoms with van der Waals surface area (Å²) in [4.78, 5) is 35.3. The highest BCUT2D eigenvalue weighted by Gasteiger charge is 2.37. The van der Waals surface area contributed by atoms with Crippen molar-refractivity contribution in [3.63, 3.8) is 0 Å². The van der Waals surface area contributed by atoms with Gasteiger partial charge in [-0.15, -0.1) is 0 Å². The number of nitrogens with one attached hydrogen (secondary N) is 3. The van der Waals surface area contributed by atoms with Crippen LogP contribution in [0.2, 0.25) is 0 Å². The molecule has 2 fully saturated rings. The lowest BCUT2D eigenvalue weighted by molar-refractivity contribution is 0.0680. The number of aromatic amines is 1. The van der Waals surface area contributed by atoms with Gasteiger partial charge in [-0.25, -0.2) is 0 Å². The van der Waals surface area contributed by atoms with Gasteiger partial charge in [0.05, 0.1) is 0 Å². The number of rotatable bonds is 7. The molecule has 0 atom stereocenters. The van der Waals surface area contributed by atoms with Crippen LogP contribution in [-0.4, -0.2) is 52.9 Å². The molecular formula is C32H47N5O2. The number of unbranched alkanes of at least 4 members (excludes halogenated alkanes) is 1. The number of piperidine rings is 1. The number of carbonyl (C=O) groups is 2. The molecule has 0 aromatic carbocycles. The van der Waals surface area contributed by atoms with Crippen molar-refractivity contribution < 1.29 is 9.59 Å². The number of carbonyl (C=O) groups excluding carboxylic acids is 2. The molecule has 2 amide bonds. The van der Waals surface area contributed by atoms with Crippen LogP contribution in [0, 0.1) is 5.92 Å². The van der Waals surface area contributed by atoms with Crippen LogP contribution in [0.3, 0.4) is 0 Å². The maximum absolute atomic E-state index is 13.0. The Morgan fingerprint density at radius 2 is 1.74 bits per heavy atom. The molecule has 1 spiro atoms. The van der Waals surface area contributed by atoms with Gasteiger partial charge in [0.15, 0.2) is 0 Å². The molecule has 4 heterocycles. The van der Waals surface area contributed by atoms with Crippen molar-refractivity contribution >= 4 is 11.8 Å². The van der Waals surface area contributed by atoms with E-state index in [0.29, 0.717) is 18.2 Å². The molecule has 2 aliphatic heterocycles. The summed E-state index contributed by atoms with van der Waals surface area (Å²) in [6.45, 7) is 3.32. The van der Waals surface area contributed by atoms with Crippen molar-refractivity contribution in [3.05, 3.63) is 53.1 Å². The van der Waals surface area contributed by atoms with E-state index < -0.39 is 0 Å². The molecule has 212 valence electrons. The third-order valence-corrected chi connectivity index (χ3v) is 9.32. The van der Waals surface area contributed by atoms with Crippen molar-refractivity contribution in [2.75, 3.05) is 26.2 Å². The lowest BCUT2D eigenvalue weighted by Gasteiger charge is -2.39. The van der Waals surface area contributed by atoms with E-state index in [1.54, 1.807) is 12.3 Å². The molecule has 5 rings (SSSR count). The monoisotopic (exact) mass is 533 g/mol. The van der Waals surface area contributed by atoms with E-state index in [1.807, 2.05) is 17.0 Å². The number of H-pyrrole nitrogens is 1. The number of fused-ring (bicyclic) bond motifs is 2. The molecule has 0 bridgehead atoms. The first-order valence-electron chi connectivity index (χ1n) is 15.6. The minimum absolute atomic E-state index is 0.0285. The fourth-order valence-corrected chi connectivity index (χ4v) is 7.01. The second-order valence-electron chi connectivity index (χ2n) is 12.0. The van der Waals surface area contributed by atoms with E-state index in [9.17, 15) is 9.59 Å². The van der Waals surface area contributed by atoms with Gasteiger partial charge in [-0.1, -0.05) is 63.9 Å². The first-order valence-corrected chi connectivity index (χ1v) is 15.6. The zero-order chi connectivity index (χ0) is 26.9. The smallest absolute Gasteiger partial charge is 0.272 e. The number of likely N-dealkylation sites (tertiary alicyclic amines) is 1. The summed E-state index contributed by atoms with van der Waals surface area (Å²) in [7, 11) is 0. The van der Waals surface area contributed by atoms with Crippen molar-refractivity contribution in [3.8, 4) is 0 Å². The fraction of sp³-hybridized carbons (Fsp3) is 0.656. The third kappa shape index (κ3) is 7.10. The number of hydrogen-bond acceptors (Lipinski definition) is 4. The lowest BCUT2D eigenvalue weighted by atomic mass is 9.77. The Morgan fingerprint density at radius 1 is 1.00 bits per heavy atom. The largest absolute Gasteiger partial charge is 0.354 e. The van der Waals surface area contributed by atoms with Gasteiger partial charge in [0.1, 0.15) is 11.4 Å². The SMILES string of the molecule is O=C(NCCCCC1CCN(C(=O)c2ccccn2)CC1)c1cc2c([nH]1)CCNC21CCCCCCCCC1. The van der Waals surface area contributed by atoms with Crippen LogP contribution in [0.25, 0.3) is 0 Å². The third-order valence-electron chi connectivity index (χ3n) is 9.32. The average Bonchev–Trinajstić information content (AvgIpc) is 3.43. The van der Waals surface area contributed by atoms with Crippen LogP contribution in [0.1, 0.15) is 122 Å². The second-order valence-corrected chi connectivity index (χ2v) is 12.0. The van der Waals surface area contributed by atoms with Crippen LogP contribution < -0.4 is 10.6 Å². The highest BCUT2D eigenvalue weighted by Crippen LogP contribution is 2.39. The van der Waals surface area contributed by atoms with Crippen LogP contribution in [-0.2, 0) is 12.0 Å². The Kier molecular flexibility index (Phi) is 9.72. The molecule has 0 unspecified atom stereocenters. The maximum Gasteiger partial charge on any atom is 0.272 e. The van der Waals surface area contributed by atoms with E-state index >= 15 is 0 Å². The van der Waals surface area contributed by atoms with E-state index in [1.165, 1.54) is 69.0 Å². The normalized spacial score (nSPS) is 20.4. The molecule has 1 saturated heterocycles. The molecule has 0 radical (unpaired) electrons. The molecule has 3 aliphatic rings. The quantitative estimate of drug-likeness (QED) is 0.397. The van der Waals surface area contributed by atoms with Crippen molar-refractivity contribution in [1.29, 1.82) is 0 Å². The topological polar surface area (TPSA) is 90.1 Å². The van der Waals surface area contributed by atoms with Gasteiger partial charge in [0.2, 0.25) is 0 Å². The summed E-state index contributed by atoms with van der Waals surface area (Å²) in [5.74, 6) is 0.732. The Balaban J connectivity index is 1.04. The van der Waals surface area contributed by atoms with E-state index in [0.717, 1.165) is 63.9 Å². The lowest BCUT2D eigenvalue weighted by Crippen LogP contribution is -2.47. The molecule has 7 heteroatoms. The standard InChI is InChI=1S/C32H47N5O2/c38-30(29-24-26-27(36-29)14-21-35-32(26)17-8-4-2-1-3-5-9-18-32)34-20-10-6-12-25-15-22-37(23-16-25)31(39)28-13-7-11-19-33-28/h7,11,13,19,24-25,35-36H,1-6,8-10,12,14-18,20-23H2,(H,34,38). The van der Waals surface area contributed by atoms with Crippen molar-refractivity contribution in [2.24, 2.45) is 5.92 Å². The number of pyridine rings is 1. The van der Waals surface area contributed by atoms with Gasteiger partial charge in [0.25, 0.3) is 11.8 Å². The van der Waals surface area contributed by atoms with Gasteiger partial charge in [-0.2, -0.15) is 0 Å². The first kappa shape index (κ1) is 27.9. The molecule has 3 N–H and O–H groups in total. The van der Waals surface area contributed by atoms with Gasteiger partial charge >= 0.3 is 0 Å². The Morgan fingerprint density at radius 3 is 2.46 bits per heavy atom. The molecular weight excluding hydrogens is 486 g/mol. The van der Waals surface area contributed by atoms with Crippen LogP contribution in [0.5, 0.6) is 0 Å². The van der Waals surface area contributed by atoms with Crippen LogP contribution in [0.15, 0.2) is 30.5 Å². The fourth-order valence-electron chi connectivity index (χ4n) is 7.01. The summed E-state index contributed by atoms with van der Waals surface area (Å²) in [5, 5.41) is 7.06.